The van der Waals surface area contributed by atoms with Gasteiger partial charge in [-0.1, -0.05) is 0 Å². The Hall–Kier alpha value is -1.58. The summed E-state index contributed by atoms with van der Waals surface area (Å²) < 4.78 is 0. The molecule has 0 radical (unpaired) electrons. The largest absolute Gasteiger partial charge is 0.370 e. The van der Waals surface area contributed by atoms with E-state index in [-0.39, 0.29) is 17.4 Å². The first-order chi connectivity index (χ1) is 9.79. The highest BCUT2D eigenvalue weighted by molar-refractivity contribution is 5.79. The fourth-order valence-electron chi connectivity index (χ4n) is 2.70. The molecule has 1 fully saturated rings. The molecule has 2 rings (SSSR count). The fraction of sp³-hybridized carbons (Fsp3) is 0.647. The molecule has 1 aliphatic rings. The maximum absolute atomic E-state index is 12.5. The van der Waals surface area contributed by atoms with Crippen molar-refractivity contribution in [1.82, 2.24) is 9.88 Å². The van der Waals surface area contributed by atoms with E-state index in [1.165, 1.54) is 11.3 Å². The molecular weight excluding hydrogens is 262 g/mol. The molecule has 0 saturated carbocycles. The molecule has 2 heterocycles. The van der Waals surface area contributed by atoms with Crippen molar-refractivity contribution in [2.75, 3.05) is 25.0 Å². The Morgan fingerprint density at radius 2 is 1.90 bits per heavy atom. The monoisotopic (exact) mass is 289 g/mol. The molecule has 0 aliphatic carbocycles. The molecule has 0 N–H and O–H groups in total. The maximum Gasteiger partial charge on any atom is 0.225 e. The second-order valence-electron chi connectivity index (χ2n) is 7.05. The average molecular weight is 289 g/mol. The van der Waals surface area contributed by atoms with Gasteiger partial charge in [0.1, 0.15) is 0 Å². The zero-order valence-electron chi connectivity index (χ0n) is 13.9. The van der Waals surface area contributed by atoms with Gasteiger partial charge < -0.3 is 9.80 Å². The van der Waals surface area contributed by atoms with Crippen molar-refractivity contribution in [3.8, 4) is 0 Å². The third-order valence-electron chi connectivity index (χ3n) is 4.41. The number of nitrogens with zero attached hydrogens (tertiary/aromatic N) is 3. The van der Waals surface area contributed by atoms with E-state index in [1.54, 1.807) is 0 Å². The standard InChI is InChI=1S/C17H27N3O/c1-13-10-15(12-18-11-13)20-8-6-14(7-9-20)16(21)19(5)17(2,3)4/h10-12,14H,6-9H2,1-5H3. The molecule has 0 bridgehead atoms. The number of hydrogen-bond donors (Lipinski definition) is 0. The predicted molar refractivity (Wildman–Crippen MR) is 86.4 cm³/mol. The second-order valence-corrected chi connectivity index (χ2v) is 7.05. The van der Waals surface area contributed by atoms with Crippen molar-refractivity contribution in [1.29, 1.82) is 0 Å². The van der Waals surface area contributed by atoms with Crippen LogP contribution in [0.2, 0.25) is 0 Å². The molecule has 0 aromatic carbocycles. The Kier molecular flexibility index (Phi) is 4.55. The van der Waals surface area contributed by atoms with E-state index in [1.807, 2.05) is 24.3 Å². The maximum atomic E-state index is 12.5. The first kappa shape index (κ1) is 15.8. The molecule has 1 aliphatic heterocycles. The summed E-state index contributed by atoms with van der Waals surface area (Å²) in [5.74, 6) is 0.438. The lowest BCUT2D eigenvalue weighted by Gasteiger charge is -2.38. The molecule has 1 aromatic rings. The van der Waals surface area contributed by atoms with Crippen molar-refractivity contribution >= 4 is 11.6 Å². The lowest BCUT2D eigenvalue weighted by Crippen LogP contribution is -2.48. The van der Waals surface area contributed by atoms with Crippen LogP contribution < -0.4 is 4.90 Å². The Bertz CT molecular complexity index is 499. The van der Waals surface area contributed by atoms with Gasteiger partial charge in [0, 0.05) is 37.8 Å². The van der Waals surface area contributed by atoms with Crippen LogP contribution in [0.3, 0.4) is 0 Å². The number of hydrogen-bond acceptors (Lipinski definition) is 3. The van der Waals surface area contributed by atoms with Crippen LogP contribution >= 0.6 is 0 Å². The van der Waals surface area contributed by atoms with Crippen molar-refractivity contribution in [2.45, 2.75) is 46.1 Å². The summed E-state index contributed by atoms with van der Waals surface area (Å²) in [7, 11) is 1.92. The molecule has 21 heavy (non-hydrogen) atoms. The highest BCUT2D eigenvalue weighted by atomic mass is 16.2. The van der Waals surface area contributed by atoms with E-state index in [2.05, 4.69) is 43.6 Å². The smallest absolute Gasteiger partial charge is 0.225 e. The first-order valence-electron chi connectivity index (χ1n) is 7.73. The Morgan fingerprint density at radius 1 is 1.29 bits per heavy atom. The summed E-state index contributed by atoms with van der Waals surface area (Å²) in [6.07, 6.45) is 5.63. The molecule has 0 atom stereocenters. The van der Waals surface area contributed by atoms with Gasteiger partial charge in [-0.25, -0.2) is 0 Å². The number of aromatic nitrogens is 1. The number of anilines is 1. The zero-order chi connectivity index (χ0) is 15.6. The van der Waals surface area contributed by atoms with Crippen molar-refractivity contribution < 1.29 is 4.79 Å². The van der Waals surface area contributed by atoms with Gasteiger partial charge in [-0.15, -0.1) is 0 Å². The van der Waals surface area contributed by atoms with Gasteiger partial charge in [-0.3, -0.25) is 9.78 Å². The third kappa shape index (κ3) is 3.74. The van der Waals surface area contributed by atoms with Gasteiger partial charge in [0.05, 0.1) is 11.9 Å². The minimum Gasteiger partial charge on any atom is -0.370 e. The topological polar surface area (TPSA) is 36.4 Å². The molecule has 0 unspecified atom stereocenters. The highest BCUT2D eigenvalue weighted by Gasteiger charge is 2.31. The Balaban J connectivity index is 1.96. The normalized spacial score (nSPS) is 16.9. The van der Waals surface area contributed by atoms with Crippen LogP contribution in [0.1, 0.15) is 39.2 Å². The minimum absolute atomic E-state index is 0.103. The molecule has 1 saturated heterocycles. The first-order valence-corrected chi connectivity index (χ1v) is 7.73. The molecule has 0 spiro atoms. The van der Waals surface area contributed by atoms with Crippen LogP contribution in [0.5, 0.6) is 0 Å². The van der Waals surface area contributed by atoms with E-state index in [4.69, 9.17) is 0 Å². The number of piperidine rings is 1. The lowest BCUT2D eigenvalue weighted by atomic mass is 9.93. The van der Waals surface area contributed by atoms with Gasteiger partial charge in [-0.2, -0.15) is 0 Å². The number of rotatable bonds is 2. The van der Waals surface area contributed by atoms with E-state index >= 15 is 0 Å². The van der Waals surface area contributed by atoms with Crippen LogP contribution in [0.15, 0.2) is 18.5 Å². The van der Waals surface area contributed by atoms with Crippen molar-refractivity contribution in [3.05, 3.63) is 24.0 Å². The number of aryl methyl sites for hydroxylation is 1. The molecule has 116 valence electrons. The van der Waals surface area contributed by atoms with E-state index in [0.29, 0.717) is 0 Å². The quantitative estimate of drug-likeness (QED) is 0.840. The number of carbonyl (C=O) groups is 1. The van der Waals surface area contributed by atoms with E-state index in [0.717, 1.165) is 25.9 Å². The molecular formula is C17H27N3O. The fourth-order valence-corrected chi connectivity index (χ4v) is 2.70. The number of pyridine rings is 1. The predicted octanol–water partition coefficient (Wildman–Crippen LogP) is 2.86. The SMILES string of the molecule is Cc1cncc(N2CCC(C(=O)N(C)C(C)(C)C)CC2)c1. The summed E-state index contributed by atoms with van der Waals surface area (Å²) in [5, 5.41) is 0. The lowest BCUT2D eigenvalue weighted by molar-refractivity contribution is -0.139. The number of carbonyl (C=O) groups excluding carboxylic acids is 1. The second kappa shape index (κ2) is 6.04. The summed E-state index contributed by atoms with van der Waals surface area (Å²) >= 11 is 0. The molecule has 4 heteroatoms. The molecule has 4 nitrogen and oxygen atoms in total. The Morgan fingerprint density at radius 3 is 2.43 bits per heavy atom. The summed E-state index contributed by atoms with van der Waals surface area (Å²) in [4.78, 5) is 21.0. The van der Waals surface area contributed by atoms with Gasteiger partial charge >= 0.3 is 0 Å². The van der Waals surface area contributed by atoms with Crippen LogP contribution in [0.4, 0.5) is 5.69 Å². The van der Waals surface area contributed by atoms with Crippen molar-refractivity contribution in [2.24, 2.45) is 5.92 Å². The van der Waals surface area contributed by atoms with Gasteiger partial charge in [-0.05, 0) is 52.2 Å². The third-order valence-corrected chi connectivity index (χ3v) is 4.41. The highest BCUT2D eigenvalue weighted by Crippen LogP contribution is 2.26. The van der Waals surface area contributed by atoms with Crippen LogP contribution in [0, 0.1) is 12.8 Å². The Labute approximate surface area is 128 Å². The summed E-state index contributed by atoms with van der Waals surface area (Å²) in [6, 6.07) is 2.16. The zero-order valence-corrected chi connectivity index (χ0v) is 13.9. The molecule has 1 amide bonds. The van der Waals surface area contributed by atoms with Crippen LogP contribution in [-0.4, -0.2) is 41.5 Å². The van der Waals surface area contributed by atoms with E-state index < -0.39 is 0 Å². The summed E-state index contributed by atoms with van der Waals surface area (Å²) in [5.41, 5.74) is 2.25. The van der Waals surface area contributed by atoms with Gasteiger partial charge in [0.25, 0.3) is 0 Å². The number of amides is 1. The van der Waals surface area contributed by atoms with Crippen LogP contribution in [-0.2, 0) is 4.79 Å². The summed E-state index contributed by atoms with van der Waals surface area (Å²) in [6.45, 7) is 10.2. The van der Waals surface area contributed by atoms with Gasteiger partial charge in [0.15, 0.2) is 0 Å². The van der Waals surface area contributed by atoms with E-state index in [9.17, 15) is 4.79 Å². The average Bonchev–Trinajstić information content (AvgIpc) is 2.45. The van der Waals surface area contributed by atoms with Gasteiger partial charge in [0.2, 0.25) is 5.91 Å². The minimum atomic E-state index is -0.103. The van der Waals surface area contributed by atoms with Crippen LogP contribution in [0.25, 0.3) is 0 Å². The molecule has 1 aromatic heterocycles. The van der Waals surface area contributed by atoms with Crippen molar-refractivity contribution in [3.63, 3.8) is 0 Å².